The van der Waals surface area contributed by atoms with Crippen molar-refractivity contribution in [3.8, 4) is 0 Å². The average molecular weight is 631 g/mol. The number of allylic oxidation sites excluding steroid dienone is 8. The Morgan fingerprint density at radius 1 is 0.511 bits per heavy atom. The molecule has 5 heteroatoms. The van der Waals surface area contributed by atoms with Gasteiger partial charge in [-0.05, 0) is 51.4 Å². The Labute approximate surface area is 278 Å². The van der Waals surface area contributed by atoms with Gasteiger partial charge in [0.2, 0.25) is 0 Å². The van der Waals surface area contributed by atoms with E-state index in [9.17, 15) is 14.7 Å². The van der Waals surface area contributed by atoms with Crippen LogP contribution in [-0.2, 0) is 19.1 Å². The molecule has 5 nitrogen and oxygen atoms in total. The van der Waals surface area contributed by atoms with Crippen LogP contribution in [0.3, 0.4) is 0 Å². The van der Waals surface area contributed by atoms with Crippen LogP contribution in [0.4, 0.5) is 0 Å². The first-order chi connectivity index (χ1) is 22.1. The molecule has 0 bridgehead atoms. The molecule has 0 heterocycles. The molecule has 260 valence electrons. The molecule has 0 radical (unpaired) electrons. The summed E-state index contributed by atoms with van der Waals surface area (Å²) in [5, 5.41) is 9.50. The van der Waals surface area contributed by atoms with Crippen LogP contribution in [0.2, 0.25) is 0 Å². The molecule has 0 saturated carbocycles. The molecule has 0 unspecified atom stereocenters. The molecular weight excluding hydrogens is 560 g/mol. The lowest BCUT2D eigenvalue weighted by molar-refractivity contribution is -0.161. The van der Waals surface area contributed by atoms with Crippen LogP contribution in [-0.4, -0.2) is 36.4 Å². The molecule has 0 aromatic carbocycles. The molecule has 0 aromatic heterocycles. The van der Waals surface area contributed by atoms with E-state index in [-0.39, 0.29) is 25.2 Å². The molecule has 0 aliphatic carbocycles. The third-order valence-corrected chi connectivity index (χ3v) is 7.88. The van der Waals surface area contributed by atoms with Gasteiger partial charge in [0.25, 0.3) is 0 Å². The Morgan fingerprint density at radius 2 is 0.911 bits per heavy atom. The first-order valence-electron chi connectivity index (χ1n) is 18.7. The molecule has 0 rings (SSSR count). The Balaban J connectivity index is 3.68. The summed E-state index contributed by atoms with van der Waals surface area (Å²) in [5.41, 5.74) is 0. The highest BCUT2D eigenvalue weighted by Gasteiger charge is 2.16. The summed E-state index contributed by atoms with van der Waals surface area (Å²) >= 11 is 0. The van der Waals surface area contributed by atoms with Gasteiger partial charge in [0.1, 0.15) is 6.61 Å². The summed E-state index contributed by atoms with van der Waals surface area (Å²) < 4.78 is 10.5. The SMILES string of the molecule is CCCCCCCCC/C=C/C/C=C/C/C=C/C/C=C/CCCC(=O)OC[C@H](CO)OC(=O)CCCCCCCCCCCC. The van der Waals surface area contributed by atoms with Gasteiger partial charge in [0.05, 0.1) is 6.61 Å². The number of hydrogen-bond acceptors (Lipinski definition) is 5. The summed E-state index contributed by atoms with van der Waals surface area (Å²) in [6, 6.07) is 0. The van der Waals surface area contributed by atoms with Gasteiger partial charge >= 0.3 is 11.9 Å². The van der Waals surface area contributed by atoms with Crippen molar-refractivity contribution >= 4 is 11.9 Å². The van der Waals surface area contributed by atoms with E-state index >= 15 is 0 Å². The molecule has 0 fully saturated rings. The van der Waals surface area contributed by atoms with Crippen molar-refractivity contribution in [1.82, 2.24) is 0 Å². The number of carbonyl (C=O) groups is 2. The van der Waals surface area contributed by atoms with Crippen LogP contribution in [0, 0.1) is 0 Å². The molecule has 0 saturated heterocycles. The molecule has 0 amide bonds. The zero-order valence-electron chi connectivity index (χ0n) is 29.4. The molecule has 0 aliphatic heterocycles. The second kappa shape index (κ2) is 36.3. The normalized spacial score (nSPS) is 12.7. The number of aliphatic hydroxyl groups excluding tert-OH is 1. The molecule has 0 aromatic rings. The minimum absolute atomic E-state index is 0.0935. The topological polar surface area (TPSA) is 72.8 Å². The van der Waals surface area contributed by atoms with Crippen molar-refractivity contribution in [2.45, 2.75) is 180 Å². The largest absolute Gasteiger partial charge is 0.462 e. The number of hydrogen-bond donors (Lipinski definition) is 1. The first-order valence-corrected chi connectivity index (χ1v) is 18.7. The van der Waals surface area contributed by atoms with Gasteiger partial charge in [-0.2, -0.15) is 0 Å². The molecule has 0 aliphatic rings. The van der Waals surface area contributed by atoms with Gasteiger partial charge in [-0.3, -0.25) is 9.59 Å². The Morgan fingerprint density at radius 3 is 1.40 bits per heavy atom. The van der Waals surface area contributed by atoms with Crippen LogP contribution >= 0.6 is 0 Å². The Hall–Kier alpha value is -2.14. The maximum absolute atomic E-state index is 12.1. The fourth-order valence-electron chi connectivity index (χ4n) is 5.02. The summed E-state index contributed by atoms with van der Waals surface area (Å²) in [7, 11) is 0. The molecule has 1 atom stereocenters. The lowest BCUT2D eigenvalue weighted by atomic mass is 10.1. The molecular formula is C40H70O5. The van der Waals surface area contributed by atoms with Crippen molar-refractivity contribution in [3.63, 3.8) is 0 Å². The van der Waals surface area contributed by atoms with E-state index in [1.165, 1.54) is 96.3 Å². The second-order valence-corrected chi connectivity index (χ2v) is 12.3. The zero-order valence-corrected chi connectivity index (χ0v) is 29.4. The molecule has 0 spiro atoms. The van der Waals surface area contributed by atoms with Crippen molar-refractivity contribution in [3.05, 3.63) is 48.6 Å². The average Bonchev–Trinajstić information content (AvgIpc) is 3.04. The fourth-order valence-corrected chi connectivity index (χ4v) is 5.02. The highest BCUT2D eigenvalue weighted by molar-refractivity contribution is 5.70. The maximum Gasteiger partial charge on any atom is 0.306 e. The van der Waals surface area contributed by atoms with E-state index in [2.05, 4.69) is 62.5 Å². The number of rotatable bonds is 33. The van der Waals surface area contributed by atoms with Crippen LogP contribution in [0.1, 0.15) is 174 Å². The van der Waals surface area contributed by atoms with E-state index in [0.717, 1.165) is 44.9 Å². The molecule has 1 N–H and O–H groups in total. The Kier molecular flexibility index (Phi) is 34.6. The van der Waals surface area contributed by atoms with Crippen molar-refractivity contribution in [2.75, 3.05) is 13.2 Å². The van der Waals surface area contributed by atoms with Crippen LogP contribution in [0.25, 0.3) is 0 Å². The lowest BCUT2D eigenvalue weighted by Crippen LogP contribution is -2.28. The number of ether oxygens (including phenoxy) is 2. The first kappa shape index (κ1) is 42.9. The van der Waals surface area contributed by atoms with Gasteiger partial charge in [0.15, 0.2) is 6.10 Å². The summed E-state index contributed by atoms with van der Waals surface area (Å²) in [6.07, 6.45) is 44.6. The number of aliphatic hydroxyl groups is 1. The van der Waals surface area contributed by atoms with Crippen LogP contribution in [0.5, 0.6) is 0 Å². The second-order valence-electron chi connectivity index (χ2n) is 12.3. The zero-order chi connectivity index (χ0) is 32.9. The van der Waals surface area contributed by atoms with Crippen molar-refractivity contribution in [2.24, 2.45) is 0 Å². The van der Waals surface area contributed by atoms with Gasteiger partial charge in [0, 0.05) is 12.8 Å². The maximum atomic E-state index is 12.1. The quantitative estimate of drug-likeness (QED) is 0.0444. The fraction of sp³-hybridized carbons (Fsp3) is 0.750. The minimum Gasteiger partial charge on any atom is -0.462 e. The summed E-state index contributed by atoms with van der Waals surface area (Å²) in [4.78, 5) is 24.1. The number of unbranched alkanes of at least 4 members (excludes halogenated alkanes) is 17. The van der Waals surface area contributed by atoms with E-state index in [1.54, 1.807) is 0 Å². The highest BCUT2D eigenvalue weighted by Crippen LogP contribution is 2.12. The van der Waals surface area contributed by atoms with Crippen LogP contribution < -0.4 is 0 Å². The van der Waals surface area contributed by atoms with Gasteiger partial charge < -0.3 is 14.6 Å². The third-order valence-electron chi connectivity index (χ3n) is 7.88. The minimum atomic E-state index is -0.790. The highest BCUT2D eigenvalue weighted by atomic mass is 16.6. The summed E-state index contributed by atoms with van der Waals surface area (Å²) in [6.45, 7) is 4.06. The summed E-state index contributed by atoms with van der Waals surface area (Å²) in [5.74, 6) is -0.659. The van der Waals surface area contributed by atoms with Crippen molar-refractivity contribution in [1.29, 1.82) is 0 Å². The lowest BCUT2D eigenvalue weighted by Gasteiger charge is -2.15. The standard InChI is InChI=1S/C40H70O5/c1-3-5-7-9-11-13-15-16-17-18-19-20-21-22-23-24-25-27-28-30-32-34-39(42)44-37-38(36-41)45-40(43)35-33-31-29-26-14-12-10-8-6-4-2/h17-18,20-21,23-24,27-28,38,41H,3-16,19,22,25-26,29-37H2,1-2H3/b18-17+,21-20+,24-23+,28-27+/t38-/m0/s1. The van der Waals surface area contributed by atoms with Gasteiger partial charge in [-0.1, -0.05) is 159 Å². The van der Waals surface area contributed by atoms with E-state index in [0.29, 0.717) is 19.3 Å². The predicted molar refractivity (Wildman–Crippen MR) is 191 cm³/mol. The van der Waals surface area contributed by atoms with Gasteiger partial charge in [-0.25, -0.2) is 0 Å². The monoisotopic (exact) mass is 631 g/mol. The Bertz CT molecular complexity index is 767. The number of carbonyl (C=O) groups excluding carboxylic acids is 2. The van der Waals surface area contributed by atoms with E-state index in [1.807, 2.05) is 0 Å². The third kappa shape index (κ3) is 34.6. The number of esters is 2. The predicted octanol–water partition coefficient (Wildman–Crippen LogP) is 11.5. The smallest absolute Gasteiger partial charge is 0.306 e. The van der Waals surface area contributed by atoms with Gasteiger partial charge in [-0.15, -0.1) is 0 Å². The van der Waals surface area contributed by atoms with E-state index < -0.39 is 6.10 Å². The molecule has 45 heavy (non-hydrogen) atoms. The van der Waals surface area contributed by atoms with Crippen molar-refractivity contribution < 1.29 is 24.2 Å². The van der Waals surface area contributed by atoms with Crippen LogP contribution in [0.15, 0.2) is 48.6 Å². The van der Waals surface area contributed by atoms with E-state index in [4.69, 9.17) is 9.47 Å².